The molecule has 0 heterocycles. The Labute approximate surface area is 75.0 Å². The summed E-state index contributed by atoms with van der Waals surface area (Å²) in [4.78, 5) is 0. The first-order chi connectivity index (χ1) is 5.68. The molecule has 12 heavy (non-hydrogen) atoms. The second kappa shape index (κ2) is 3.91. The van der Waals surface area contributed by atoms with E-state index in [0.717, 1.165) is 19.4 Å². The number of rotatable bonds is 3. The molecule has 1 N–H and O–H groups in total. The van der Waals surface area contributed by atoms with E-state index in [1.165, 1.54) is 12.8 Å². The van der Waals surface area contributed by atoms with Crippen molar-refractivity contribution in [3.05, 3.63) is 0 Å². The molecule has 0 spiro atoms. The van der Waals surface area contributed by atoms with Gasteiger partial charge in [0.05, 0.1) is 6.07 Å². The minimum absolute atomic E-state index is 0.176. The van der Waals surface area contributed by atoms with Crippen LogP contribution >= 0.6 is 0 Å². The molecule has 0 bridgehead atoms. The van der Waals surface area contributed by atoms with Crippen LogP contribution in [0.2, 0.25) is 0 Å². The van der Waals surface area contributed by atoms with Crippen LogP contribution in [0.15, 0.2) is 0 Å². The van der Waals surface area contributed by atoms with Gasteiger partial charge in [-0.25, -0.2) is 0 Å². The first kappa shape index (κ1) is 9.54. The predicted octanol–water partition coefficient (Wildman–Crippen LogP) is 2.07. The molecule has 0 aliphatic heterocycles. The van der Waals surface area contributed by atoms with Crippen LogP contribution in [-0.2, 0) is 0 Å². The molecular formula is C10H18N2. The van der Waals surface area contributed by atoms with Crippen molar-refractivity contribution in [1.82, 2.24) is 5.32 Å². The Balaban J connectivity index is 2.41. The number of nitriles is 1. The Morgan fingerprint density at radius 1 is 1.42 bits per heavy atom. The van der Waals surface area contributed by atoms with Crippen LogP contribution in [0, 0.1) is 17.2 Å². The van der Waals surface area contributed by atoms with E-state index in [9.17, 15) is 0 Å². The number of hydrogen-bond donors (Lipinski definition) is 1. The SMILES string of the molecule is CC(C)CNC1(C#N)CCCC1. The molecule has 0 amide bonds. The highest BCUT2D eigenvalue weighted by Crippen LogP contribution is 2.28. The van der Waals surface area contributed by atoms with E-state index < -0.39 is 0 Å². The average molecular weight is 166 g/mol. The molecular weight excluding hydrogens is 148 g/mol. The summed E-state index contributed by atoms with van der Waals surface area (Å²) in [6, 6.07) is 2.42. The highest BCUT2D eigenvalue weighted by molar-refractivity contribution is 5.09. The van der Waals surface area contributed by atoms with Gasteiger partial charge in [0.15, 0.2) is 0 Å². The fourth-order valence-corrected chi connectivity index (χ4v) is 1.71. The van der Waals surface area contributed by atoms with Crippen molar-refractivity contribution < 1.29 is 0 Å². The molecule has 0 aromatic rings. The van der Waals surface area contributed by atoms with Gasteiger partial charge >= 0.3 is 0 Å². The minimum Gasteiger partial charge on any atom is -0.299 e. The fraction of sp³-hybridized carbons (Fsp3) is 0.900. The molecule has 1 aliphatic rings. The zero-order valence-electron chi connectivity index (χ0n) is 8.06. The number of nitrogens with zero attached hydrogens (tertiary/aromatic N) is 1. The predicted molar refractivity (Wildman–Crippen MR) is 49.7 cm³/mol. The second-order valence-corrected chi connectivity index (χ2v) is 4.18. The zero-order valence-corrected chi connectivity index (χ0v) is 8.06. The normalized spacial score (nSPS) is 21.2. The van der Waals surface area contributed by atoms with Gasteiger partial charge < -0.3 is 0 Å². The maximum Gasteiger partial charge on any atom is 0.106 e. The molecule has 0 aromatic heterocycles. The lowest BCUT2D eigenvalue weighted by atomic mass is 9.99. The third-order valence-corrected chi connectivity index (χ3v) is 2.52. The van der Waals surface area contributed by atoms with E-state index in [-0.39, 0.29) is 5.54 Å². The Kier molecular flexibility index (Phi) is 3.11. The summed E-state index contributed by atoms with van der Waals surface area (Å²) in [7, 11) is 0. The van der Waals surface area contributed by atoms with Crippen molar-refractivity contribution in [2.45, 2.75) is 45.1 Å². The van der Waals surface area contributed by atoms with E-state index in [4.69, 9.17) is 5.26 Å². The standard InChI is InChI=1S/C10H18N2/c1-9(2)7-12-10(8-11)5-3-4-6-10/h9,12H,3-7H2,1-2H3. The van der Waals surface area contributed by atoms with Gasteiger partial charge in [0.25, 0.3) is 0 Å². The largest absolute Gasteiger partial charge is 0.299 e. The molecule has 2 heteroatoms. The molecule has 1 fully saturated rings. The first-order valence-electron chi connectivity index (χ1n) is 4.85. The topological polar surface area (TPSA) is 35.8 Å². The van der Waals surface area contributed by atoms with Gasteiger partial charge in [0.1, 0.15) is 5.54 Å². The molecule has 68 valence electrons. The summed E-state index contributed by atoms with van der Waals surface area (Å²) >= 11 is 0. The lowest BCUT2D eigenvalue weighted by Crippen LogP contribution is -2.42. The summed E-state index contributed by atoms with van der Waals surface area (Å²) in [6.07, 6.45) is 4.49. The quantitative estimate of drug-likeness (QED) is 0.696. The third kappa shape index (κ3) is 2.22. The molecule has 1 rings (SSSR count). The summed E-state index contributed by atoms with van der Waals surface area (Å²) in [5, 5.41) is 12.4. The molecule has 2 nitrogen and oxygen atoms in total. The van der Waals surface area contributed by atoms with E-state index in [0.29, 0.717) is 5.92 Å². The van der Waals surface area contributed by atoms with Gasteiger partial charge in [-0.3, -0.25) is 5.32 Å². The highest BCUT2D eigenvalue weighted by Gasteiger charge is 2.32. The molecule has 0 saturated heterocycles. The van der Waals surface area contributed by atoms with Crippen molar-refractivity contribution in [2.75, 3.05) is 6.54 Å². The maximum atomic E-state index is 9.02. The van der Waals surface area contributed by atoms with Crippen LogP contribution in [0.4, 0.5) is 0 Å². The van der Waals surface area contributed by atoms with Crippen molar-refractivity contribution in [2.24, 2.45) is 5.92 Å². The molecule has 1 saturated carbocycles. The number of nitrogens with one attached hydrogen (secondary N) is 1. The average Bonchev–Trinajstić information content (AvgIpc) is 2.50. The van der Waals surface area contributed by atoms with Gasteiger partial charge in [-0.2, -0.15) is 5.26 Å². The summed E-state index contributed by atoms with van der Waals surface area (Å²) in [5.74, 6) is 0.635. The minimum atomic E-state index is -0.176. The summed E-state index contributed by atoms with van der Waals surface area (Å²) < 4.78 is 0. The van der Waals surface area contributed by atoms with E-state index in [1.807, 2.05) is 0 Å². The smallest absolute Gasteiger partial charge is 0.106 e. The Morgan fingerprint density at radius 3 is 2.42 bits per heavy atom. The fourth-order valence-electron chi connectivity index (χ4n) is 1.71. The van der Waals surface area contributed by atoms with Crippen molar-refractivity contribution in [3.63, 3.8) is 0 Å². The third-order valence-electron chi connectivity index (χ3n) is 2.52. The zero-order chi connectivity index (χ0) is 9.03. The van der Waals surface area contributed by atoms with Gasteiger partial charge in [-0.15, -0.1) is 0 Å². The molecule has 0 unspecified atom stereocenters. The van der Waals surface area contributed by atoms with Crippen molar-refractivity contribution >= 4 is 0 Å². The van der Waals surface area contributed by atoms with Crippen LogP contribution in [0.3, 0.4) is 0 Å². The Morgan fingerprint density at radius 2 is 2.00 bits per heavy atom. The molecule has 0 atom stereocenters. The van der Waals surface area contributed by atoms with Crippen LogP contribution < -0.4 is 5.32 Å². The summed E-state index contributed by atoms with van der Waals surface area (Å²) in [6.45, 7) is 5.31. The molecule has 1 aliphatic carbocycles. The second-order valence-electron chi connectivity index (χ2n) is 4.18. The van der Waals surface area contributed by atoms with Crippen LogP contribution in [-0.4, -0.2) is 12.1 Å². The Bertz CT molecular complexity index is 173. The van der Waals surface area contributed by atoms with Crippen LogP contribution in [0.5, 0.6) is 0 Å². The van der Waals surface area contributed by atoms with Gasteiger partial charge in [0, 0.05) is 0 Å². The maximum absolute atomic E-state index is 9.02. The van der Waals surface area contributed by atoms with Gasteiger partial charge in [-0.1, -0.05) is 26.7 Å². The number of hydrogen-bond acceptors (Lipinski definition) is 2. The van der Waals surface area contributed by atoms with E-state index in [2.05, 4.69) is 25.2 Å². The van der Waals surface area contributed by atoms with E-state index >= 15 is 0 Å². The first-order valence-corrected chi connectivity index (χ1v) is 4.85. The highest BCUT2D eigenvalue weighted by atomic mass is 15.0. The van der Waals surface area contributed by atoms with Crippen molar-refractivity contribution in [3.8, 4) is 6.07 Å². The van der Waals surface area contributed by atoms with Crippen LogP contribution in [0.25, 0.3) is 0 Å². The van der Waals surface area contributed by atoms with Crippen LogP contribution in [0.1, 0.15) is 39.5 Å². The monoisotopic (exact) mass is 166 g/mol. The van der Waals surface area contributed by atoms with Gasteiger partial charge in [-0.05, 0) is 25.3 Å². The molecule has 0 aromatic carbocycles. The Hall–Kier alpha value is -0.550. The lowest BCUT2D eigenvalue weighted by molar-refractivity contribution is 0.392. The van der Waals surface area contributed by atoms with E-state index in [1.54, 1.807) is 0 Å². The van der Waals surface area contributed by atoms with Gasteiger partial charge in [0.2, 0.25) is 0 Å². The van der Waals surface area contributed by atoms with Crippen molar-refractivity contribution in [1.29, 1.82) is 5.26 Å². The lowest BCUT2D eigenvalue weighted by Gasteiger charge is -2.23. The summed E-state index contributed by atoms with van der Waals surface area (Å²) in [5.41, 5.74) is -0.176. The molecule has 0 radical (unpaired) electrons.